The highest BCUT2D eigenvalue weighted by atomic mass is 19.1. The quantitative estimate of drug-likeness (QED) is 0.909. The Kier molecular flexibility index (Phi) is 3.51. The summed E-state index contributed by atoms with van der Waals surface area (Å²) in [6.45, 7) is 0. The molecule has 21 heavy (non-hydrogen) atoms. The van der Waals surface area contributed by atoms with E-state index in [0.717, 1.165) is 25.0 Å². The summed E-state index contributed by atoms with van der Waals surface area (Å²) in [7, 11) is 0. The Morgan fingerprint density at radius 2 is 1.90 bits per heavy atom. The number of carbonyl (C=O) groups excluding carboxylic acids is 1. The number of anilines is 2. The average Bonchev–Trinajstić information content (AvgIpc) is 3.27. The molecule has 0 bridgehead atoms. The molecule has 0 radical (unpaired) electrons. The first-order valence-electron chi connectivity index (χ1n) is 6.61. The van der Waals surface area contributed by atoms with E-state index in [1.54, 1.807) is 6.07 Å². The Balaban J connectivity index is 1.81. The predicted molar refractivity (Wildman–Crippen MR) is 74.4 cm³/mol. The Morgan fingerprint density at radius 1 is 1.19 bits per heavy atom. The van der Waals surface area contributed by atoms with Crippen molar-refractivity contribution in [3.63, 3.8) is 0 Å². The molecule has 1 aliphatic rings. The molecule has 6 heteroatoms. The van der Waals surface area contributed by atoms with Crippen LogP contribution in [0.5, 0.6) is 0 Å². The maximum Gasteiger partial charge on any atom is 0.270 e. The van der Waals surface area contributed by atoms with E-state index >= 15 is 0 Å². The highest BCUT2D eigenvalue weighted by Gasteiger charge is 2.24. The van der Waals surface area contributed by atoms with Crippen LogP contribution >= 0.6 is 0 Å². The number of amides is 1. The van der Waals surface area contributed by atoms with Gasteiger partial charge in [0.2, 0.25) is 0 Å². The molecule has 1 aliphatic carbocycles. The Morgan fingerprint density at radius 3 is 2.57 bits per heavy atom. The third kappa shape index (κ3) is 3.16. The highest BCUT2D eigenvalue weighted by molar-refractivity contribution is 5.93. The summed E-state index contributed by atoms with van der Waals surface area (Å²) in [6, 6.07) is 6.83. The van der Waals surface area contributed by atoms with Crippen LogP contribution in [0.4, 0.5) is 20.2 Å². The van der Waals surface area contributed by atoms with Crippen molar-refractivity contribution in [1.29, 1.82) is 0 Å². The minimum Gasteiger partial charge on any atom is -0.351 e. The zero-order valence-electron chi connectivity index (χ0n) is 11.1. The van der Waals surface area contributed by atoms with Crippen LogP contribution < -0.4 is 10.6 Å². The molecule has 0 atom stereocenters. The summed E-state index contributed by atoms with van der Waals surface area (Å²) in [4.78, 5) is 15.9. The number of aromatic nitrogens is 1. The summed E-state index contributed by atoms with van der Waals surface area (Å²) in [5.41, 5.74) is 0.357. The number of hydrogen-bond acceptors (Lipinski definition) is 3. The Bertz CT molecular complexity index is 666. The molecule has 108 valence electrons. The predicted octanol–water partition coefficient (Wildman–Crippen LogP) is 3.00. The van der Waals surface area contributed by atoms with Gasteiger partial charge in [0, 0.05) is 17.9 Å². The molecule has 0 saturated heterocycles. The molecule has 0 aliphatic heterocycles. The fourth-order valence-corrected chi connectivity index (χ4v) is 1.88. The first-order chi connectivity index (χ1) is 10.1. The van der Waals surface area contributed by atoms with E-state index in [0.29, 0.717) is 5.69 Å². The van der Waals surface area contributed by atoms with Gasteiger partial charge >= 0.3 is 0 Å². The van der Waals surface area contributed by atoms with E-state index in [2.05, 4.69) is 15.6 Å². The van der Waals surface area contributed by atoms with Crippen molar-refractivity contribution in [1.82, 2.24) is 10.3 Å². The monoisotopic (exact) mass is 289 g/mol. The third-order valence-corrected chi connectivity index (χ3v) is 3.14. The van der Waals surface area contributed by atoms with Crippen molar-refractivity contribution in [2.45, 2.75) is 18.9 Å². The first-order valence-corrected chi connectivity index (χ1v) is 6.61. The van der Waals surface area contributed by atoms with Gasteiger partial charge in [-0.1, -0.05) is 6.07 Å². The maximum absolute atomic E-state index is 13.6. The number of halogens is 2. The van der Waals surface area contributed by atoms with Crippen LogP contribution in [0.3, 0.4) is 0 Å². The van der Waals surface area contributed by atoms with Crippen LogP contribution in [-0.4, -0.2) is 16.9 Å². The average molecular weight is 289 g/mol. The van der Waals surface area contributed by atoms with Crippen LogP contribution in [0.2, 0.25) is 0 Å². The molecule has 0 spiro atoms. The second-order valence-electron chi connectivity index (χ2n) is 4.90. The lowest BCUT2D eigenvalue weighted by Crippen LogP contribution is -2.26. The molecule has 1 amide bonds. The maximum atomic E-state index is 13.6. The lowest BCUT2D eigenvalue weighted by atomic mass is 10.2. The van der Waals surface area contributed by atoms with Crippen molar-refractivity contribution in [3.05, 3.63) is 53.9 Å². The van der Waals surface area contributed by atoms with Gasteiger partial charge in [0.25, 0.3) is 5.91 Å². The van der Waals surface area contributed by atoms with Crippen LogP contribution in [0, 0.1) is 11.6 Å². The van der Waals surface area contributed by atoms with Gasteiger partial charge < -0.3 is 10.6 Å². The largest absolute Gasteiger partial charge is 0.351 e. The van der Waals surface area contributed by atoms with Crippen LogP contribution in [0.1, 0.15) is 23.3 Å². The molecule has 1 fully saturated rings. The zero-order valence-corrected chi connectivity index (χ0v) is 11.1. The van der Waals surface area contributed by atoms with E-state index < -0.39 is 11.6 Å². The summed E-state index contributed by atoms with van der Waals surface area (Å²) in [6.07, 6.45) is 3.37. The fourth-order valence-electron chi connectivity index (χ4n) is 1.88. The number of hydrogen-bond donors (Lipinski definition) is 2. The van der Waals surface area contributed by atoms with Gasteiger partial charge in [-0.15, -0.1) is 0 Å². The van der Waals surface area contributed by atoms with Crippen molar-refractivity contribution in [2.24, 2.45) is 0 Å². The fraction of sp³-hybridized carbons (Fsp3) is 0.200. The second-order valence-corrected chi connectivity index (χ2v) is 4.90. The van der Waals surface area contributed by atoms with Gasteiger partial charge in [-0.2, -0.15) is 0 Å². The molecule has 0 unspecified atom stereocenters. The van der Waals surface area contributed by atoms with Crippen molar-refractivity contribution < 1.29 is 13.6 Å². The topological polar surface area (TPSA) is 54.0 Å². The van der Waals surface area contributed by atoms with Crippen LogP contribution in [0.15, 0.2) is 36.5 Å². The molecule has 4 nitrogen and oxygen atoms in total. The number of pyridine rings is 1. The molecule has 2 aromatic rings. The highest BCUT2D eigenvalue weighted by Crippen LogP contribution is 2.23. The van der Waals surface area contributed by atoms with Crippen LogP contribution in [-0.2, 0) is 0 Å². The molecule has 1 aromatic heterocycles. The van der Waals surface area contributed by atoms with Crippen molar-refractivity contribution >= 4 is 17.3 Å². The number of nitrogens with zero attached hydrogens (tertiary/aromatic N) is 1. The van der Waals surface area contributed by atoms with Gasteiger partial charge in [-0.3, -0.25) is 9.78 Å². The normalized spacial score (nSPS) is 13.8. The number of carbonyl (C=O) groups is 1. The standard InChI is InChI=1S/C15H13F2N3O/c16-11-2-1-3-12(17)14(11)19-10-6-7-18-13(8-10)15(21)20-9-4-5-9/h1-3,6-9H,4-5H2,(H,18,19)(H,20,21). The van der Waals surface area contributed by atoms with E-state index in [1.807, 2.05) is 0 Å². The molecule has 2 N–H and O–H groups in total. The number of para-hydroxylation sites is 1. The molecule has 1 aromatic carbocycles. The van der Waals surface area contributed by atoms with Gasteiger partial charge in [0.15, 0.2) is 0 Å². The van der Waals surface area contributed by atoms with Crippen molar-refractivity contribution in [2.75, 3.05) is 5.32 Å². The third-order valence-electron chi connectivity index (χ3n) is 3.14. The second kappa shape index (κ2) is 5.47. The van der Waals surface area contributed by atoms with Gasteiger partial charge in [0.05, 0.1) is 0 Å². The lowest BCUT2D eigenvalue weighted by Gasteiger charge is -2.09. The Labute approximate surface area is 120 Å². The summed E-state index contributed by atoms with van der Waals surface area (Å²) >= 11 is 0. The Hall–Kier alpha value is -2.50. The van der Waals surface area contributed by atoms with E-state index in [9.17, 15) is 13.6 Å². The molecule has 1 heterocycles. The molecule has 1 saturated carbocycles. The smallest absolute Gasteiger partial charge is 0.270 e. The van der Waals surface area contributed by atoms with Gasteiger partial charge in [-0.25, -0.2) is 8.78 Å². The molecular formula is C15H13F2N3O. The van der Waals surface area contributed by atoms with E-state index in [1.165, 1.54) is 18.3 Å². The van der Waals surface area contributed by atoms with E-state index in [-0.39, 0.29) is 23.3 Å². The molecule has 3 rings (SSSR count). The first kappa shape index (κ1) is 13.5. The number of rotatable bonds is 4. The van der Waals surface area contributed by atoms with E-state index in [4.69, 9.17) is 0 Å². The summed E-state index contributed by atoms with van der Waals surface area (Å²) < 4.78 is 27.2. The van der Waals surface area contributed by atoms with Crippen molar-refractivity contribution in [3.8, 4) is 0 Å². The number of benzene rings is 1. The SMILES string of the molecule is O=C(NC1CC1)c1cc(Nc2c(F)cccc2F)ccn1. The molecular weight excluding hydrogens is 276 g/mol. The van der Waals surface area contributed by atoms with Gasteiger partial charge in [-0.05, 0) is 37.1 Å². The minimum absolute atomic E-state index is 0.212. The summed E-state index contributed by atoms with van der Waals surface area (Å²) in [5, 5.41) is 5.44. The lowest BCUT2D eigenvalue weighted by molar-refractivity contribution is 0.0946. The summed E-state index contributed by atoms with van der Waals surface area (Å²) in [5.74, 6) is -1.68. The van der Waals surface area contributed by atoms with Gasteiger partial charge in [0.1, 0.15) is 23.0 Å². The zero-order chi connectivity index (χ0) is 14.8. The number of nitrogens with one attached hydrogen (secondary N) is 2. The van der Waals surface area contributed by atoms with Crippen LogP contribution in [0.25, 0.3) is 0 Å². The minimum atomic E-state index is -0.698.